The van der Waals surface area contributed by atoms with Crippen LogP contribution in [0.5, 0.6) is 5.75 Å². The van der Waals surface area contributed by atoms with Crippen LogP contribution in [0.25, 0.3) is 16.6 Å². The van der Waals surface area contributed by atoms with E-state index in [1.807, 2.05) is 22.8 Å². The first kappa shape index (κ1) is 20.1. The highest BCUT2D eigenvalue weighted by Gasteiger charge is 2.25. The Bertz CT molecular complexity index is 1310. The molecule has 0 atom stereocenters. The van der Waals surface area contributed by atoms with Crippen LogP contribution in [-0.2, 0) is 24.2 Å². The number of esters is 1. The zero-order valence-electron chi connectivity index (χ0n) is 17.9. The Kier molecular flexibility index (Phi) is 5.05. The molecule has 0 radical (unpaired) electrons. The van der Waals surface area contributed by atoms with Crippen LogP contribution in [0.1, 0.15) is 29.2 Å². The lowest BCUT2D eigenvalue weighted by Crippen LogP contribution is -2.36. The largest absolute Gasteiger partial charge is 0.494 e. The number of fused-ring (bicyclic) bond motifs is 4. The van der Waals surface area contributed by atoms with Crippen LogP contribution in [0, 0.1) is 0 Å². The predicted molar refractivity (Wildman–Crippen MR) is 114 cm³/mol. The van der Waals surface area contributed by atoms with E-state index in [9.17, 15) is 4.79 Å². The second kappa shape index (κ2) is 8.04. The van der Waals surface area contributed by atoms with E-state index >= 15 is 0 Å². The van der Waals surface area contributed by atoms with Crippen molar-refractivity contribution in [1.82, 2.24) is 39.2 Å². The zero-order valence-corrected chi connectivity index (χ0v) is 17.9. The summed E-state index contributed by atoms with van der Waals surface area (Å²) in [6.45, 7) is 4.77. The number of carbonyl (C=O) groups is 1. The molecule has 1 aliphatic rings. The number of methoxy groups -OCH3 is 1. The van der Waals surface area contributed by atoms with Crippen LogP contribution >= 0.6 is 0 Å². The van der Waals surface area contributed by atoms with Gasteiger partial charge in [0, 0.05) is 31.4 Å². The van der Waals surface area contributed by atoms with Gasteiger partial charge in [0.05, 0.1) is 20.3 Å². The highest BCUT2D eigenvalue weighted by Crippen LogP contribution is 2.27. The molecule has 0 saturated carbocycles. The fourth-order valence-electron chi connectivity index (χ4n) is 3.94. The standard InChI is InChI=1S/C20H23N9O3/c1-3-32-19(30)18-25-24-15-11-27(9-10-28(15)18)8-7-14-22-17-12-5-4-6-13(31-2)16(12)23-20(21)29(17)26-14/h4-6H,3,7-11H2,1-2H3,(H2,21,23). The predicted octanol–water partition coefficient (Wildman–Crippen LogP) is 0.695. The summed E-state index contributed by atoms with van der Waals surface area (Å²) in [7, 11) is 1.60. The van der Waals surface area contributed by atoms with Gasteiger partial charge in [-0.3, -0.25) is 4.90 Å². The first-order valence-electron chi connectivity index (χ1n) is 10.4. The molecule has 0 aliphatic carbocycles. The van der Waals surface area contributed by atoms with E-state index in [4.69, 9.17) is 20.2 Å². The van der Waals surface area contributed by atoms with E-state index < -0.39 is 5.97 Å². The number of nitrogen functional groups attached to an aromatic ring is 1. The third-order valence-corrected chi connectivity index (χ3v) is 5.50. The normalized spacial score (nSPS) is 14.1. The molecule has 12 nitrogen and oxygen atoms in total. The summed E-state index contributed by atoms with van der Waals surface area (Å²) in [5.74, 6) is 2.13. The highest BCUT2D eigenvalue weighted by molar-refractivity contribution is 5.95. The quantitative estimate of drug-likeness (QED) is 0.429. The van der Waals surface area contributed by atoms with Gasteiger partial charge < -0.3 is 19.8 Å². The molecule has 0 bridgehead atoms. The molecular formula is C20H23N9O3. The number of rotatable bonds is 6. The molecule has 3 aromatic heterocycles. The Labute approximate surface area is 183 Å². The molecule has 0 saturated heterocycles. The van der Waals surface area contributed by atoms with Crippen molar-refractivity contribution in [2.24, 2.45) is 0 Å². The van der Waals surface area contributed by atoms with Gasteiger partial charge in [0.1, 0.15) is 17.1 Å². The van der Waals surface area contributed by atoms with Crippen molar-refractivity contribution in [3.8, 4) is 5.75 Å². The number of carbonyl (C=O) groups excluding carboxylic acids is 1. The number of anilines is 1. The number of benzene rings is 1. The number of hydrogen-bond donors (Lipinski definition) is 1. The minimum atomic E-state index is -0.441. The second-order valence-electron chi connectivity index (χ2n) is 7.43. The summed E-state index contributed by atoms with van der Waals surface area (Å²) >= 11 is 0. The molecule has 12 heteroatoms. The monoisotopic (exact) mass is 437 g/mol. The van der Waals surface area contributed by atoms with Gasteiger partial charge in [-0.1, -0.05) is 6.07 Å². The molecule has 166 valence electrons. The van der Waals surface area contributed by atoms with Gasteiger partial charge in [-0.2, -0.15) is 4.52 Å². The van der Waals surface area contributed by atoms with Crippen molar-refractivity contribution in [3.05, 3.63) is 35.7 Å². The molecule has 4 heterocycles. The minimum Gasteiger partial charge on any atom is -0.494 e. The molecule has 0 fully saturated rings. The lowest BCUT2D eigenvalue weighted by atomic mass is 10.2. The molecule has 32 heavy (non-hydrogen) atoms. The fourth-order valence-corrected chi connectivity index (χ4v) is 3.94. The van der Waals surface area contributed by atoms with E-state index in [0.29, 0.717) is 48.9 Å². The number of hydrogen-bond acceptors (Lipinski definition) is 10. The van der Waals surface area contributed by atoms with Crippen LogP contribution in [-0.4, -0.2) is 72.0 Å². The Morgan fingerprint density at radius 1 is 1.22 bits per heavy atom. The van der Waals surface area contributed by atoms with Gasteiger partial charge in [0.2, 0.25) is 11.8 Å². The molecule has 2 N–H and O–H groups in total. The van der Waals surface area contributed by atoms with E-state index in [0.717, 1.165) is 24.3 Å². The van der Waals surface area contributed by atoms with Gasteiger partial charge in [0.15, 0.2) is 11.5 Å². The summed E-state index contributed by atoms with van der Waals surface area (Å²) in [6.07, 6.45) is 0.630. The Morgan fingerprint density at radius 3 is 2.91 bits per heavy atom. The van der Waals surface area contributed by atoms with Gasteiger partial charge in [-0.05, 0) is 19.1 Å². The first-order valence-corrected chi connectivity index (χ1v) is 10.4. The summed E-state index contributed by atoms with van der Waals surface area (Å²) < 4.78 is 13.8. The van der Waals surface area contributed by atoms with Crippen LogP contribution < -0.4 is 10.5 Å². The topological polar surface area (TPSA) is 139 Å². The van der Waals surface area contributed by atoms with Crippen LogP contribution in [0.2, 0.25) is 0 Å². The molecule has 0 spiro atoms. The Morgan fingerprint density at radius 2 is 2.09 bits per heavy atom. The van der Waals surface area contributed by atoms with Gasteiger partial charge in [-0.15, -0.1) is 15.3 Å². The fraction of sp³-hybridized carbons (Fsp3) is 0.400. The van der Waals surface area contributed by atoms with Crippen molar-refractivity contribution in [3.63, 3.8) is 0 Å². The van der Waals surface area contributed by atoms with E-state index in [2.05, 4.69) is 25.2 Å². The third-order valence-electron chi connectivity index (χ3n) is 5.50. The average molecular weight is 437 g/mol. The number of ether oxygens (including phenoxy) is 2. The maximum absolute atomic E-state index is 12.0. The summed E-state index contributed by atoms with van der Waals surface area (Å²) in [6, 6.07) is 5.66. The van der Waals surface area contributed by atoms with Gasteiger partial charge >= 0.3 is 5.97 Å². The average Bonchev–Trinajstić information content (AvgIpc) is 3.42. The van der Waals surface area contributed by atoms with Crippen molar-refractivity contribution in [2.45, 2.75) is 26.4 Å². The van der Waals surface area contributed by atoms with Crippen LogP contribution in [0.3, 0.4) is 0 Å². The van der Waals surface area contributed by atoms with Gasteiger partial charge in [0.25, 0.3) is 0 Å². The highest BCUT2D eigenvalue weighted by atomic mass is 16.5. The molecule has 5 rings (SSSR count). The number of para-hydroxylation sites is 1. The van der Waals surface area contributed by atoms with E-state index in [-0.39, 0.29) is 11.8 Å². The van der Waals surface area contributed by atoms with E-state index in [1.165, 1.54) is 0 Å². The number of nitrogens with two attached hydrogens (primary N) is 1. The lowest BCUT2D eigenvalue weighted by Gasteiger charge is -2.26. The van der Waals surface area contributed by atoms with E-state index in [1.54, 1.807) is 18.5 Å². The van der Waals surface area contributed by atoms with Crippen LogP contribution in [0.4, 0.5) is 5.95 Å². The lowest BCUT2D eigenvalue weighted by molar-refractivity contribution is 0.0502. The third kappa shape index (κ3) is 3.38. The molecule has 1 aromatic carbocycles. The summed E-state index contributed by atoms with van der Waals surface area (Å²) in [4.78, 5) is 23.4. The summed E-state index contributed by atoms with van der Waals surface area (Å²) in [5, 5.41) is 13.5. The molecule has 4 aromatic rings. The minimum absolute atomic E-state index is 0.258. The van der Waals surface area contributed by atoms with Crippen molar-refractivity contribution in [1.29, 1.82) is 0 Å². The molecule has 0 unspecified atom stereocenters. The maximum atomic E-state index is 12.0. The first-order chi connectivity index (χ1) is 15.6. The molecular weight excluding hydrogens is 414 g/mol. The zero-order chi connectivity index (χ0) is 22.2. The Hall–Kier alpha value is -3.80. The maximum Gasteiger partial charge on any atom is 0.376 e. The van der Waals surface area contributed by atoms with Crippen molar-refractivity contribution < 1.29 is 14.3 Å². The number of aromatic nitrogens is 7. The smallest absolute Gasteiger partial charge is 0.376 e. The second-order valence-corrected chi connectivity index (χ2v) is 7.43. The molecule has 1 aliphatic heterocycles. The number of nitrogens with zero attached hydrogens (tertiary/aromatic N) is 8. The Balaban J connectivity index is 1.34. The van der Waals surface area contributed by atoms with Crippen molar-refractivity contribution >= 4 is 28.5 Å². The molecule has 0 amide bonds. The SMILES string of the molecule is CCOC(=O)c1nnc2n1CCN(CCc1nc3c4cccc(OC)c4nc(N)n3n1)C2. The van der Waals surface area contributed by atoms with Gasteiger partial charge in [-0.25, -0.2) is 14.8 Å². The summed E-state index contributed by atoms with van der Waals surface area (Å²) in [5.41, 5.74) is 7.44. The van der Waals surface area contributed by atoms with Crippen molar-refractivity contribution in [2.75, 3.05) is 32.5 Å². The van der Waals surface area contributed by atoms with Crippen LogP contribution in [0.15, 0.2) is 18.2 Å².